The van der Waals surface area contributed by atoms with Crippen LogP contribution in [0, 0.1) is 6.92 Å². The highest BCUT2D eigenvalue weighted by molar-refractivity contribution is 6.01. The number of hydrogen-bond acceptors (Lipinski definition) is 9. The van der Waals surface area contributed by atoms with Crippen molar-refractivity contribution < 1.29 is 19.1 Å². The average Bonchev–Trinajstić information content (AvgIpc) is 3.85. The molecule has 1 saturated heterocycles. The van der Waals surface area contributed by atoms with Gasteiger partial charge in [0.05, 0.1) is 18.2 Å². The molecule has 5 aromatic rings. The molecule has 1 fully saturated rings. The van der Waals surface area contributed by atoms with Crippen molar-refractivity contribution in [2.45, 2.75) is 45.3 Å². The van der Waals surface area contributed by atoms with Crippen LogP contribution in [0.25, 0.3) is 39.1 Å². The number of carbonyl (C=O) groups is 2. The Kier molecular flexibility index (Phi) is 9.40. The van der Waals surface area contributed by atoms with Crippen molar-refractivity contribution in [2.24, 2.45) is 7.05 Å². The summed E-state index contributed by atoms with van der Waals surface area (Å²) in [5, 5.41) is 15.9. The first kappa shape index (κ1) is 34.1. The van der Waals surface area contributed by atoms with Gasteiger partial charge >= 0.3 is 0 Å². The summed E-state index contributed by atoms with van der Waals surface area (Å²) in [6.07, 6.45) is 5.14. The third-order valence-electron chi connectivity index (χ3n) is 9.72. The molecular weight excluding hydrogens is 646 g/mol. The monoisotopic (exact) mass is 689 g/mol. The number of anilines is 1. The number of ether oxygens (including phenoxy) is 2. The Morgan fingerprint density at radius 3 is 2.49 bits per heavy atom. The molecule has 5 heterocycles. The summed E-state index contributed by atoms with van der Waals surface area (Å²) in [7, 11) is 3.44. The van der Waals surface area contributed by atoms with Crippen LogP contribution in [0.4, 0.5) is 5.69 Å². The Hall–Kier alpha value is -5.40. The number of carbonyl (C=O) groups excluding carboxylic acids is 2. The van der Waals surface area contributed by atoms with Gasteiger partial charge in [-0.2, -0.15) is 10.2 Å². The standard InChI is InChI=1S/C38H43N9O4/c1-24(2)51-33-13-10-29(21-39-33)35-31-20-30(11-12-32(31)42-43-35)41-37(49)38(50-5)16-19-46(23-38)22-34(48)47-17-14-27(15-18-47)26-6-8-28(9-7-26)36-40-25(3)45(4)44-36/h6-14,20-21,24H,15-19,22-23H2,1-5H3,(H,41,49)(H,42,43)/t38-/m0/s1. The molecule has 0 aliphatic carbocycles. The minimum absolute atomic E-state index is 0.0290. The molecule has 3 aromatic heterocycles. The number of rotatable bonds is 10. The van der Waals surface area contributed by atoms with Crippen molar-refractivity contribution in [2.75, 3.05) is 45.2 Å². The fraction of sp³-hybridized carbons (Fsp3) is 0.368. The number of aryl methyl sites for hydroxylation is 2. The molecular formula is C38H43N9O4. The number of fused-ring (bicyclic) bond motifs is 1. The molecule has 0 spiro atoms. The highest BCUT2D eigenvalue weighted by atomic mass is 16.5. The molecule has 0 bridgehead atoms. The molecule has 1 atom stereocenters. The molecule has 2 N–H and O–H groups in total. The van der Waals surface area contributed by atoms with Crippen LogP contribution in [0.1, 0.15) is 38.1 Å². The second kappa shape index (κ2) is 14.1. The van der Waals surface area contributed by atoms with Gasteiger partial charge in [-0.1, -0.05) is 30.3 Å². The molecule has 264 valence electrons. The summed E-state index contributed by atoms with van der Waals surface area (Å²) in [6, 6.07) is 17.6. The second-order valence-electron chi connectivity index (χ2n) is 13.5. The number of pyridine rings is 1. The third-order valence-corrected chi connectivity index (χ3v) is 9.72. The number of hydrogen-bond donors (Lipinski definition) is 2. The lowest BCUT2D eigenvalue weighted by Gasteiger charge is -2.30. The van der Waals surface area contributed by atoms with E-state index in [0.717, 1.165) is 45.5 Å². The Balaban J connectivity index is 0.953. The molecule has 13 heteroatoms. The minimum Gasteiger partial charge on any atom is -0.475 e. The maximum absolute atomic E-state index is 13.7. The van der Waals surface area contributed by atoms with E-state index in [9.17, 15) is 9.59 Å². The van der Waals surface area contributed by atoms with Gasteiger partial charge in [0.25, 0.3) is 5.91 Å². The van der Waals surface area contributed by atoms with E-state index in [1.165, 1.54) is 5.57 Å². The van der Waals surface area contributed by atoms with E-state index in [4.69, 9.17) is 9.47 Å². The van der Waals surface area contributed by atoms with Crippen LogP contribution in [0.2, 0.25) is 0 Å². The van der Waals surface area contributed by atoms with Crippen molar-refractivity contribution in [3.63, 3.8) is 0 Å². The first-order valence-corrected chi connectivity index (χ1v) is 17.3. The molecule has 2 aliphatic heterocycles. The van der Waals surface area contributed by atoms with Crippen LogP contribution in [0.15, 0.2) is 66.9 Å². The van der Waals surface area contributed by atoms with Crippen LogP contribution in [-0.2, 0) is 21.4 Å². The second-order valence-corrected chi connectivity index (χ2v) is 13.5. The van der Waals surface area contributed by atoms with E-state index in [-0.39, 0.29) is 24.5 Å². The van der Waals surface area contributed by atoms with Gasteiger partial charge in [-0.25, -0.2) is 9.97 Å². The number of likely N-dealkylation sites (tertiary alicyclic amines) is 1. The molecule has 2 amide bonds. The van der Waals surface area contributed by atoms with Gasteiger partial charge in [-0.3, -0.25) is 24.3 Å². The molecule has 2 aromatic carbocycles. The molecule has 51 heavy (non-hydrogen) atoms. The fourth-order valence-corrected chi connectivity index (χ4v) is 6.69. The predicted molar refractivity (Wildman–Crippen MR) is 195 cm³/mol. The van der Waals surface area contributed by atoms with Gasteiger partial charge in [0, 0.05) is 74.8 Å². The van der Waals surface area contributed by atoms with Crippen molar-refractivity contribution in [3.8, 4) is 28.5 Å². The van der Waals surface area contributed by atoms with Crippen LogP contribution < -0.4 is 10.1 Å². The van der Waals surface area contributed by atoms with Gasteiger partial charge < -0.3 is 19.7 Å². The van der Waals surface area contributed by atoms with E-state index in [1.54, 1.807) is 18.0 Å². The van der Waals surface area contributed by atoms with E-state index < -0.39 is 5.60 Å². The molecule has 7 rings (SSSR count). The Bertz CT molecular complexity index is 2070. The highest BCUT2D eigenvalue weighted by Gasteiger charge is 2.45. The third kappa shape index (κ3) is 7.12. The molecule has 0 saturated carbocycles. The summed E-state index contributed by atoms with van der Waals surface area (Å²) in [5.74, 6) is 1.93. The first-order chi connectivity index (χ1) is 24.6. The molecule has 13 nitrogen and oxygen atoms in total. The van der Waals surface area contributed by atoms with Crippen molar-refractivity contribution in [1.82, 2.24) is 39.7 Å². The number of H-pyrrole nitrogens is 1. The zero-order valence-corrected chi connectivity index (χ0v) is 29.6. The van der Waals surface area contributed by atoms with Gasteiger partial charge in [-0.15, -0.1) is 0 Å². The maximum atomic E-state index is 13.7. The fourth-order valence-electron chi connectivity index (χ4n) is 6.69. The highest BCUT2D eigenvalue weighted by Crippen LogP contribution is 2.32. The lowest BCUT2D eigenvalue weighted by molar-refractivity contribution is -0.138. The normalized spacial score (nSPS) is 18.0. The van der Waals surface area contributed by atoms with E-state index in [0.29, 0.717) is 50.0 Å². The quantitative estimate of drug-likeness (QED) is 0.210. The number of benzene rings is 2. The van der Waals surface area contributed by atoms with Crippen LogP contribution in [0.5, 0.6) is 5.88 Å². The van der Waals surface area contributed by atoms with Crippen molar-refractivity contribution in [1.29, 1.82) is 0 Å². The molecule has 0 radical (unpaired) electrons. The Morgan fingerprint density at radius 2 is 1.82 bits per heavy atom. The first-order valence-electron chi connectivity index (χ1n) is 17.3. The van der Waals surface area contributed by atoms with E-state index in [2.05, 4.69) is 48.8 Å². The predicted octanol–water partition coefficient (Wildman–Crippen LogP) is 4.86. The van der Waals surface area contributed by atoms with Crippen molar-refractivity contribution in [3.05, 3.63) is 78.3 Å². The van der Waals surface area contributed by atoms with E-state index >= 15 is 0 Å². The topological polar surface area (TPSA) is 143 Å². The zero-order chi connectivity index (χ0) is 35.7. The number of aromatic nitrogens is 6. The maximum Gasteiger partial charge on any atom is 0.258 e. The SMILES string of the molecule is CO[C@@]1(C(=O)Nc2ccc3[nH]nc(-c4ccc(OC(C)C)nc4)c3c2)CCN(CC(=O)N2CC=C(c3ccc(-c4nc(C)n(C)n4)cc3)CC2)C1. The van der Waals surface area contributed by atoms with Gasteiger partial charge in [0.15, 0.2) is 11.4 Å². The van der Waals surface area contributed by atoms with Gasteiger partial charge in [0.1, 0.15) is 11.5 Å². The number of nitrogens with zero attached hydrogens (tertiary/aromatic N) is 7. The number of nitrogens with one attached hydrogen (secondary N) is 2. The largest absolute Gasteiger partial charge is 0.475 e. The summed E-state index contributed by atoms with van der Waals surface area (Å²) >= 11 is 0. The zero-order valence-electron chi connectivity index (χ0n) is 29.6. The summed E-state index contributed by atoms with van der Waals surface area (Å²) in [5.41, 5.74) is 5.28. The average molecular weight is 690 g/mol. The van der Waals surface area contributed by atoms with Crippen LogP contribution in [0.3, 0.4) is 0 Å². The Morgan fingerprint density at radius 1 is 1.04 bits per heavy atom. The number of aromatic amines is 1. The van der Waals surface area contributed by atoms with Crippen LogP contribution >= 0.6 is 0 Å². The lowest BCUT2D eigenvalue weighted by Crippen LogP contribution is -2.48. The van der Waals surface area contributed by atoms with Crippen molar-refractivity contribution >= 4 is 34.0 Å². The van der Waals surface area contributed by atoms with Gasteiger partial charge in [-0.05, 0) is 69.0 Å². The minimum atomic E-state index is -1.07. The Labute approximate surface area is 296 Å². The van der Waals surface area contributed by atoms with Gasteiger partial charge in [0.2, 0.25) is 11.8 Å². The summed E-state index contributed by atoms with van der Waals surface area (Å²) in [4.78, 5) is 39.9. The summed E-state index contributed by atoms with van der Waals surface area (Å²) < 4.78 is 13.3. The lowest BCUT2D eigenvalue weighted by atomic mass is 9.98. The van der Waals surface area contributed by atoms with Crippen LogP contribution in [-0.4, -0.2) is 103 Å². The number of methoxy groups -OCH3 is 1. The molecule has 2 aliphatic rings. The van der Waals surface area contributed by atoms with E-state index in [1.807, 2.05) is 80.1 Å². The number of amides is 2. The molecule has 0 unspecified atom stereocenters. The smallest absolute Gasteiger partial charge is 0.258 e. The summed E-state index contributed by atoms with van der Waals surface area (Å²) in [6.45, 7) is 8.16.